The molecule has 0 bridgehead atoms. The standard InChI is InChI=1S/C26H23ClN6O6/c1-2-39-26(35)32-19-14-17(27)8-9-18(19)21(22(32)23(34)16-6-4-3-5-7-16)29-24-20(33(36)37)15-28-25(30-24)31-10-12-38-13-11-31/h3-9,14-15H,2,10-13H2,1H3,(H,28,29,30). The van der Waals surface area contributed by atoms with Gasteiger partial charge in [0.1, 0.15) is 11.9 Å². The molecule has 1 N–H and O–H groups in total. The Balaban J connectivity index is 1.74. The third-order valence-corrected chi connectivity index (χ3v) is 6.36. The molecule has 1 saturated heterocycles. The smallest absolute Gasteiger partial charge is 0.419 e. The van der Waals surface area contributed by atoms with Crippen molar-refractivity contribution in [2.24, 2.45) is 0 Å². The number of nitro groups is 1. The predicted octanol–water partition coefficient (Wildman–Crippen LogP) is 4.81. The molecule has 0 unspecified atom stereocenters. The molecule has 2 aromatic carbocycles. The molecule has 12 nitrogen and oxygen atoms in total. The van der Waals surface area contributed by atoms with Gasteiger partial charge in [0.05, 0.1) is 35.9 Å². The number of halogens is 1. The van der Waals surface area contributed by atoms with Gasteiger partial charge in [-0.15, -0.1) is 0 Å². The zero-order chi connectivity index (χ0) is 27.5. The van der Waals surface area contributed by atoms with Gasteiger partial charge in [0.2, 0.25) is 17.5 Å². The molecule has 0 atom stereocenters. The van der Waals surface area contributed by atoms with Crippen molar-refractivity contribution in [3.05, 3.63) is 81.1 Å². The maximum absolute atomic E-state index is 13.9. The first-order valence-electron chi connectivity index (χ1n) is 12.1. The van der Waals surface area contributed by atoms with E-state index in [1.807, 2.05) is 4.90 Å². The molecule has 4 aromatic rings. The van der Waals surface area contributed by atoms with E-state index in [4.69, 9.17) is 21.1 Å². The predicted molar refractivity (Wildman–Crippen MR) is 144 cm³/mol. The number of aromatic nitrogens is 3. The molecule has 0 aliphatic carbocycles. The van der Waals surface area contributed by atoms with Gasteiger partial charge in [0.15, 0.2) is 0 Å². The molecule has 0 amide bonds. The molecule has 0 spiro atoms. The minimum Gasteiger partial charge on any atom is -0.449 e. The van der Waals surface area contributed by atoms with Crippen molar-refractivity contribution in [2.75, 3.05) is 43.1 Å². The summed E-state index contributed by atoms with van der Waals surface area (Å²) < 4.78 is 11.8. The van der Waals surface area contributed by atoms with Crippen LogP contribution in [0.2, 0.25) is 5.02 Å². The fraction of sp³-hybridized carbons (Fsp3) is 0.231. The van der Waals surface area contributed by atoms with Crippen molar-refractivity contribution < 1.29 is 24.0 Å². The molecule has 13 heteroatoms. The third kappa shape index (κ3) is 5.11. The summed E-state index contributed by atoms with van der Waals surface area (Å²) in [6, 6.07) is 13.1. The Hall–Kier alpha value is -4.55. The Kier molecular flexibility index (Phi) is 7.39. The van der Waals surface area contributed by atoms with Crippen LogP contribution in [0.3, 0.4) is 0 Å². The number of anilines is 3. The molecule has 0 saturated carbocycles. The second-order valence-electron chi connectivity index (χ2n) is 8.50. The van der Waals surface area contributed by atoms with Gasteiger partial charge >= 0.3 is 11.8 Å². The van der Waals surface area contributed by atoms with Gasteiger partial charge in [-0.2, -0.15) is 4.98 Å². The van der Waals surface area contributed by atoms with Gasteiger partial charge in [-0.3, -0.25) is 14.9 Å². The molecule has 2 aromatic heterocycles. The molecule has 200 valence electrons. The number of morpholine rings is 1. The largest absolute Gasteiger partial charge is 0.449 e. The van der Waals surface area contributed by atoms with E-state index in [-0.39, 0.29) is 35.3 Å². The van der Waals surface area contributed by atoms with Gasteiger partial charge in [-0.1, -0.05) is 41.9 Å². The average Bonchev–Trinajstić information content (AvgIpc) is 3.26. The molecule has 39 heavy (non-hydrogen) atoms. The minimum absolute atomic E-state index is 0.0566. The zero-order valence-corrected chi connectivity index (χ0v) is 21.6. The Morgan fingerprint density at radius 3 is 2.62 bits per heavy atom. The number of carbonyl (C=O) groups excluding carboxylic acids is 2. The van der Waals surface area contributed by atoms with Crippen LogP contribution in [0, 0.1) is 10.1 Å². The second kappa shape index (κ2) is 11.1. The summed E-state index contributed by atoms with van der Waals surface area (Å²) >= 11 is 6.27. The first-order chi connectivity index (χ1) is 18.9. The summed E-state index contributed by atoms with van der Waals surface area (Å²) in [5.74, 6) is -0.389. The molecule has 3 heterocycles. The number of hydrogen-bond acceptors (Lipinski definition) is 10. The maximum atomic E-state index is 13.9. The molecule has 1 fully saturated rings. The lowest BCUT2D eigenvalue weighted by Gasteiger charge is -2.26. The number of ether oxygens (including phenoxy) is 2. The van der Waals surface area contributed by atoms with Crippen molar-refractivity contribution in [3.63, 3.8) is 0 Å². The van der Waals surface area contributed by atoms with E-state index in [1.54, 1.807) is 49.4 Å². The molecular formula is C26H23ClN6O6. The summed E-state index contributed by atoms with van der Waals surface area (Å²) in [5.41, 5.74) is 0.228. The fourth-order valence-electron chi connectivity index (χ4n) is 4.33. The first kappa shape index (κ1) is 26.1. The molecular weight excluding hydrogens is 528 g/mol. The van der Waals surface area contributed by atoms with Crippen LogP contribution in [-0.4, -0.2) is 64.2 Å². The summed E-state index contributed by atoms with van der Waals surface area (Å²) in [5, 5.41) is 15.7. The van der Waals surface area contributed by atoms with Crippen molar-refractivity contribution >= 4 is 57.5 Å². The van der Waals surface area contributed by atoms with E-state index in [9.17, 15) is 19.7 Å². The van der Waals surface area contributed by atoms with E-state index in [2.05, 4.69) is 15.3 Å². The highest BCUT2D eigenvalue weighted by Gasteiger charge is 2.30. The van der Waals surface area contributed by atoms with Crippen molar-refractivity contribution in [3.8, 4) is 0 Å². The highest BCUT2D eigenvalue weighted by molar-refractivity contribution is 6.31. The van der Waals surface area contributed by atoms with Crippen LogP contribution in [0.1, 0.15) is 23.0 Å². The van der Waals surface area contributed by atoms with Gasteiger partial charge in [0, 0.05) is 29.1 Å². The van der Waals surface area contributed by atoms with Crippen molar-refractivity contribution in [2.45, 2.75) is 6.92 Å². The normalized spacial score (nSPS) is 13.3. The van der Waals surface area contributed by atoms with Gasteiger partial charge in [0.25, 0.3) is 0 Å². The number of rotatable bonds is 7. The van der Waals surface area contributed by atoms with Gasteiger partial charge in [-0.05, 0) is 25.1 Å². The number of ketones is 1. The highest BCUT2D eigenvalue weighted by Crippen LogP contribution is 2.38. The summed E-state index contributed by atoms with van der Waals surface area (Å²) in [7, 11) is 0. The monoisotopic (exact) mass is 550 g/mol. The average molecular weight is 551 g/mol. The second-order valence-corrected chi connectivity index (χ2v) is 8.94. The Bertz CT molecular complexity index is 1570. The zero-order valence-electron chi connectivity index (χ0n) is 20.8. The first-order valence-corrected chi connectivity index (χ1v) is 12.5. The lowest BCUT2D eigenvalue weighted by molar-refractivity contribution is -0.384. The number of carbonyl (C=O) groups is 2. The van der Waals surface area contributed by atoms with E-state index in [0.29, 0.717) is 42.3 Å². The molecule has 1 aliphatic heterocycles. The number of nitrogens with one attached hydrogen (secondary N) is 1. The van der Waals surface area contributed by atoms with Crippen LogP contribution in [-0.2, 0) is 9.47 Å². The highest BCUT2D eigenvalue weighted by atomic mass is 35.5. The van der Waals surface area contributed by atoms with Crippen LogP contribution in [0.25, 0.3) is 10.9 Å². The summed E-state index contributed by atoms with van der Waals surface area (Å²) in [4.78, 5) is 48.9. The topological polar surface area (TPSA) is 142 Å². The maximum Gasteiger partial charge on any atom is 0.419 e. The molecule has 0 radical (unpaired) electrons. The van der Waals surface area contributed by atoms with Crippen LogP contribution in [0.15, 0.2) is 54.7 Å². The Labute approximate surface area is 227 Å². The quantitative estimate of drug-likeness (QED) is 0.193. The Morgan fingerprint density at radius 2 is 1.92 bits per heavy atom. The minimum atomic E-state index is -0.803. The van der Waals surface area contributed by atoms with E-state index in [0.717, 1.165) is 10.8 Å². The van der Waals surface area contributed by atoms with E-state index in [1.165, 1.54) is 6.07 Å². The van der Waals surface area contributed by atoms with Crippen molar-refractivity contribution in [1.29, 1.82) is 0 Å². The van der Waals surface area contributed by atoms with Crippen LogP contribution < -0.4 is 10.2 Å². The Morgan fingerprint density at radius 1 is 1.18 bits per heavy atom. The lowest BCUT2D eigenvalue weighted by Crippen LogP contribution is -2.37. The summed E-state index contributed by atoms with van der Waals surface area (Å²) in [6.45, 7) is 3.65. The van der Waals surface area contributed by atoms with Gasteiger partial charge < -0.3 is 19.7 Å². The number of fused-ring (bicyclic) bond motifs is 1. The van der Waals surface area contributed by atoms with Crippen molar-refractivity contribution in [1.82, 2.24) is 14.5 Å². The third-order valence-electron chi connectivity index (χ3n) is 6.12. The van der Waals surface area contributed by atoms with E-state index < -0.39 is 22.5 Å². The van der Waals surface area contributed by atoms with Crippen LogP contribution in [0.4, 0.5) is 27.9 Å². The number of hydrogen-bond donors (Lipinski definition) is 1. The van der Waals surface area contributed by atoms with E-state index >= 15 is 0 Å². The lowest BCUT2D eigenvalue weighted by atomic mass is 10.1. The SMILES string of the molecule is CCOC(=O)n1c(C(=O)c2ccccc2)c(Nc2nc(N3CCOCC3)ncc2[N+](=O)[O-])c2ccc(Cl)cc21. The van der Waals surface area contributed by atoms with Crippen LogP contribution >= 0.6 is 11.6 Å². The summed E-state index contributed by atoms with van der Waals surface area (Å²) in [6.07, 6.45) is 0.309. The number of benzene rings is 2. The number of nitrogens with zero attached hydrogens (tertiary/aromatic N) is 5. The fourth-order valence-corrected chi connectivity index (χ4v) is 4.50. The molecule has 5 rings (SSSR count). The van der Waals surface area contributed by atoms with Gasteiger partial charge in [-0.25, -0.2) is 14.3 Å². The molecule has 1 aliphatic rings. The van der Waals surface area contributed by atoms with Crippen LogP contribution in [0.5, 0.6) is 0 Å².